The van der Waals surface area contributed by atoms with Gasteiger partial charge in [0.05, 0.1) is 11.3 Å². The van der Waals surface area contributed by atoms with Crippen molar-refractivity contribution in [2.75, 3.05) is 4.90 Å². The van der Waals surface area contributed by atoms with E-state index in [1.807, 2.05) is 19.1 Å². The number of amides is 3. The average molecular weight is 295 g/mol. The molecule has 4 rings (SSSR count). The fraction of sp³-hybridized carbons (Fsp3) is 0.250. The molecule has 1 fully saturated rings. The van der Waals surface area contributed by atoms with Crippen LogP contribution in [0.2, 0.25) is 0 Å². The molecule has 0 aliphatic carbocycles. The second-order valence-corrected chi connectivity index (χ2v) is 5.71. The minimum atomic E-state index is -0.650. The maximum Gasteiger partial charge on any atom is 0.261 e. The van der Waals surface area contributed by atoms with Crippen LogP contribution < -0.4 is 10.2 Å². The molecule has 6 heteroatoms. The van der Waals surface area contributed by atoms with Crippen LogP contribution in [0, 0.1) is 6.92 Å². The fourth-order valence-electron chi connectivity index (χ4n) is 3.28. The second-order valence-electron chi connectivity index (χ2n) is 5.71. The Bertz CT molecular complexity index is 859. The van der Waals surface area contributed by atoms with Crippen molar-refractivity contribution in [1.82, 2.24) is 10.3 Å². The standard InChI is InChI=1S/C16H13N3O3/c1-8-4-9-6-17-7-10-14(9)12(5-8)19(16(10)22)11-2-3-13(20)18-15(11)21/h4-7,11H,2-3H2,1H3,(H,18,20,21). The Morgan fingerprint density at radius 1 is 1.23 bits per heavy atom. The summed E-state index contributed by atoms with van der Waals surface area (Å²) in [6, 6.07) is 3.22. The molecule has 3 heterocycles. The molecule has 3 amide bonds. The quantitative estimate of drug-likeness (QED) is 0.804. The van der Waals surface area contributed by atoms with Crippen LogP contribution in [0.3, 0.4) is 0 Å². The van der Waals surface area contributed by atoms with Gasteiger partial charge in [0.2, 0.25) is 11.8 Å². The van der Waals surface area contributed by atoms with E-state index in [1.165, 1.54) is 11.1 Å². The third-order valence-electron chi connectivity index (χ3n) is 4.21. The first kappa shape index (κ1) is 12.9. The summed E-state index contributed by atoms with van der Waals surface area (Å²) in [5.41, 5.74) is 2.23. The van der Waals surface area contributed by atoms with Crippen LogP contribution >= 0.6 is 0 Å². The topological polar surface area (TPSA) is 79.4 Å². The van der Waals surface area contributed by atoms with Crippen molar-refractivity contribution >= 4 is 34.2 Å². The van der Waals surface area contributed by atoms with Gasteiger partial charge in [-0.2, -0.15) is 0 Å². The average Bonchev–Trinajstić information content (AvgIpc) is 2.74. The molecule has 1 aromatic carbocycles. The van der Waals surface area contributed by atoms with Crippen LogP contribution in [-0.4, -0.2) is 28.7 Å². The summed E-state index contributed by atoms with van der Waals surface area (Å²) < 4.78 is 0. The molecule has 6 nitrogen and oxygen atoms in total. The second kappa shape index (κ2) is 4.37. The van der Waals surface area contributed by atoms with Gasteiger partial charge in [0.25, 0.3) is 5.91 Å². The largest absolute Gasteiger partial charge is 0.295 e. The number of benzene rings is 1. The first-order valence-corrected chi connectivity index (χ1v) is 7.12. The van der Waals surface area contributed by atoms with Crippen LogP contribution in [0.4, 0.5) is 5.69 Å². The van der Waals surface area contributed by atoms with E-state index >= 15 is 0 Å². The zero-order chi connectivity index (χ0) is 15.4. The Labute approximate surface area is 126 Å². The first-order valence-electron chi connectivity index (χ1n) is 7.12. The normalized spacial score (nSPS) is 20.7. The van der Waals surface area contributed by atoms with Gasteiger partial charge in [-0.1, -0.05) is 0 Å². The number of hydrogen-bond donors (Lipinski definition) is 1. The Morgan fingerprint density at radius 2 is 2.05 bits per heavy atom. The van der Waals surface area contributed by atoms with Crippen LogP contribution in [-0.2, 0) is 9.59 Å². The van der Waals surface area contributed by atoms with E-state index in [1.54, 1.807) is 6.20 Å². The van der Waals surface area contributed by atoms with Crippen LogP contribution in [0.25, 0.3) is 10.8 Å². The predicted octanol–water partition coefficient (Wildman–Crippen LogP) is 1.31. The van der Waals surface area contributed by atoms with Crippen molar-refractivity contribution in [3.63, 3.8) is 0 Å². The van der Waals surface area contributed by atoms with Gasteiger partial charge in [-0.05, 0) is 31.0 Å². The molecule has 22 heavy (non-hydrogen) atoms. The summed E-state index contributed by atoms with van der Waals surface area (Å²) in [7, 11) is 0. The number of rotatable bonds is 1. The molecule has 2 aliphatic rings. The zero-order valence-electron chi connectivity index (χ0n) is 11.9. The summed E-state index contributed by atoms with van der Waals surface area (Å²) in [4.78, 5) is 41.8. The van der Waals surface area contributed by atoms with Crippen molar-refractivity contribution in [2.24, 2.45) is 0 Å². The first-order chi connectivity index (χ1) is 10.6. The fourth-order valence-corrected chi connectivity index (χ4v) is 3.28. The lowest BCUT2D eigenvalue weighted by molar-refractivity contribution is -0.134. The number of carbonyl (C=O) groups is 3. The lowest BCUT2D eigenvalue weighted by atomic mass is 10.0. The number of nitrogens with one attached hydrogen (secondary N) is 1. The molecule has 110 valence electrons. The molecule has 0 spiro atoms. The predicted molar refractivity (Wildman–Crippen MR) is 79.5 cm³/mol. The number of pyridine rings is 1. The monoisotopic (exact) mass is 295 g/mol. The van der Waals surface area contributed by atoms with Crippen molar-refractivity contribution < 1.29 is 14.4 Å². The molecule has 1 N–H and O–H groups in total. The maximum atomic E-state index is 12.7. The van der Waals surface area contributed by atoms with Gasteiger partial charge in [-0.3, -0.25) is 29.6 Å². The van der Waals surface area contributed by atoms with E-state index in [2.05, 4.69) is 10.3 Å². The number of piperidine rings is 1. The third-order valence-corrected chi connectivity index (χ3v) is 4.21. The molecule has 2 aliphatic heterocycles. The Hall–Kier alpha value is -2.76. The number of anilines is 1. The Kier molecular flexibility index (Phi) is 2.57. The third kappa shape index (κ3) is 1.67. The summed E-state index contributed by atoms with van der Waals surface area (Å²) in [6.45, 7) is 1.94. The van der Waals surface area contributed by atoms with Crippen molar-refractivity contribution in [3.05, 3.63) is 35.7 Å². The smallest absolute Gasteiger partial charge is 0.261 e. The summed E-state index contributed by atoms with van der Waals surface area (Å²) in [6.07, 6.45) is 3.84. The number of aromatic nitrogens is 1. The highest BCUT2D eigenvalue weighted by Crippen LogP contribution is 2.39. The molecule has 2 aromatic rings. The van der Waals surface area contributed by atoms with E-state index in [0.29, 0.717) is 12.0 Å². The molecule has 0 bridgehead atoms. The molecule has 1 saturated heterocycles. The number of hydrogen-bond acceptors (Lipinski definition) is 4. The van der Waals surface area contributed by atoms with Gasteiger partial charge < -0.3 is 0 Å². The van der Waals surface area contributed by atoms with Crippen molar-refractivity contribution in [3.8, 4) is 0 Å². The van der Waals surface area contributed by atoms with Gasteiger partial charge in [0, 0.05) is 29.6 Å². The van der Waals surface area contributed by atoms with E-state index < -0.39 is 11.9 Å². The van der Waals surface area contributed by atoms with E-state index in [4.69, 9.17) is 0 Å². The molecule has 0 radical (unpaired) electrons. The summed E-state index contributed by atoms with van der Waals surface area (Å²) in [5.74, 6) is -0.935. The SMILES string of the molecule is Cc1cc2c3c(cncc3c1)C(=O)N2C1CCC(=O)NC1=O. The van der Waals surface area contributed by atoms with E-state index in [9.17, 15) is 14.4 Å². The van der Waals surface area contributed by atoms with Crippen molar-refractivity contribution in [1.29, 1.82) is 0 Å². The maximum absolute atomic E-state index is 12.7. The molecule has 1 atom stereocenters. The highest BCUT2D eigenvalue weighted by atomic mass is 16.2. The van der Waals surface area contributed by atoms with Gasteiger partial charge in [0.1, 0.15) is 6.04 Å². The Balaban J connectivity index is 1.89. The van der Waals surface area contributed by atoms with Crippen LogP contribution in [0.15, 0.2) is 24.5 Å². The number of aryl methyl sites for hydroxylation is 1. The summed E-state index contributed by atoms with van der Waals surface area (Å²) in [5, 5.41) is 4.03. The summed E-state index contributed by atoms with van der Waals surface area (Å²) >= 11 is 0. The highest BCUT2D eigenvalue weighted by molar-refractivity contribution is 6.27. The molecule has 1 aromatic heterocycles. The van der Waals surface area contributed by atoms with Gasteiger partial charge >= 0.3 is 0 Å². The highest BCUT2D eigenvalue weighted by Gasteiger charge is 2.40. The number of nitrogens with zero attached hydrogens (tertiary/aromatic N) is 2. The van der Waals surface area contributed by atoms with E-state index in [-0.39, 0.29) is 18.2 Å². The van der Waals surface area contributed by atoms with Crippen LogP contribution in [0.1, 0.15) is 28.8 Å². The van der Waals surface area contributed by atoms with Gasteiger partial charge in [-0.15, -0.1) is 0 Å². The number of carbonyl (C=O) groups excluding carboxylic acids is 3. The minimum absolute atomic E-state index is 0.229. The molecule has 1 unspecified atom stereocenters. The molecular weight excluding hydrogens is 282 g/mol. The van der Waals surface area contributed by atoms with E-state index in [0.717, 1.165) is 22.0 Å². The minimum Gasteiger partial charge on any atom is -0.295 e. The lowest BCUT2D eigenvalue weighted by Crippen LogP contribution is -2.53. The lowest BCUT2D eigenvalue weighted by Gasteiger charge is -2.30. The Morgan fingerprint density at radius 3 is 2.82 bits per heavy atom. The molecular formula is C16H13N3O3. The van der Waals surface area contributed by atoms with Gasteiger partial charge in [-0.25, -0.2) is 0 Å². The number of imide groups is 1. The molecule has 0 saturated carbocycles. The van der Waals surface area contributed by atoms with Gasteiger partial charge in [0.15, 0.2) is 0 Å². The van der Waals surface area contributed by atoms with Crippen LogP contribution in [0.5, 0.6) is 0 Å². The van der Waals surface area contributed by atoms with Crippen molar-refractivity contribution in [2.45, 2.75) is 25.8 Å². The zero-order valence-corrected chi connectivity index (χ0v) is 11.9.